The predicted octanol–water partition coefficient (Wildman–Crippen LogP) is 7.73. The summed E-state index contributed by atoms with van der Waals surface area (Å²) in [6.45, 7) is 13.4. The summed E-state index contributed by atoms with van der Waals surface area (Å²) in [5, 5.41) is 0. The second-order valence-electron chi connectivity index (χ2n) is 9.24. The zero-order chi connectivity index (χ0) is 21.1. The van der Waals surface area contributed by atoms with E-state index in [0.29, 0.717) is 0 Å². The molecule has 30 heavy (non-hydrogen) atoms. The van der Waals surface area contributed by atoms with Gasteiger partial charge in [-0.25, -0.2) is 0 Å². The third kappa shape index (κ3) is 2.40. The van der Waals surface area contributed by atoms with E-state index in [9.17, 15) is 0 Å². The minimum absolute atomic E-state index is 0.0265. The van der Waals surface area contributed by atoms with Crippen LogP contribution in [-0.4, -0.2) is 0 Å². The molecule has 0 N–H and O–H groups in total. The molecule has 2 aromatic carbocycles. The minimum Gasteiger partial charge on any atom is -0.0908 e. The lowest BCUT2D eigenvalue weighted by Crippen LogP contribution is -2.27. The van der Waals surface area contributed by atoms with Crippen LogP contribution in [0.3, 0.4) is 0 Å². The maximum atomic E-state index is 4.57. The molecule has 0 aliphatic heterocycles. The van der Waals surface area contributed by atoms with Crippen molar-refractivity contribution in [1.29, 1.82) is 0 Å². The van der Waals surface area contributed by atoms with E-state index >= 15 is 0 Å². The number of hydrogen-bond donors (Lipinski definition) is 0. The first-order valence-corrected chi connectivity index (χ1v) is 10.8. The van der Waals surface area contributed by atoms with Gasteiger partial charge < -0.3 is 0 Å². The van der Waals surface area contributed by atoms with Gasteiger partial charge >= 0.3 is 0 Å². The number of fused-ring (bicyclic) bond motifs is 6. The highest BCUT2D eigenvalue weighted by Gasteiger charge is 2.53. The van der Waals surface area contributed by atoms with Gasteiger partial charge in [0.1, 0.15) is 0 Å². The summed E-state index contributed by atoms with van der Waals surface area (Å²) in [7, 11) is 0. The maximum Gasteiger partial charge on any atom is 0.0725 e. The molecule has 0 heteroatoms. The first-order chi connectivity index (χ1) is 14.4. The molecule has 0 bridgehead atoms. The third-order valence-corrected chi connectivity index (χ3v) is 6.76. The van der Waals surface area contributed by atoms with Gasteiger partial charge in [-0.3, -0.25) is 0 Å². The van der Waals surface area contributed by atoms with Crippen LogP contribution in [0.15, 0.2) is 103 Å². The largest absolute Gasteiger partial charge is 0.0908 e. The van der Waals surface area contributed by atoms with Crippen molar-refractivity contribution in [3.05, 3.63) is 131 Å². The van der Waals surface area contributed by atoms with Crippen molar-refractivity contribution in [2.75, 3.05) is 0 Å². The molecule has 2 aromatic rings. The minimum atomic E-state index is -0.314. The van der Waals surface area contributed by atoms with Gasteiger partial charge in [0, 0.05) is 5.41 Å². The molecule has 3 aliphatic carbocycles. The topological polar surface area (TPSA) is 0 Å². The maximum absolute atomic E-state index is 4.57. The van der Waals surface area contributed by atoms with Gasteiger partial charge in [-0.2, -0.15) is 0 Å². The molecule has 0 saturated heterocycles. The van der Waals surface area contributed by atoms with E-state index in [1.54, 1.807) is 0 Å². The van der Waals surface area contributed by atoms with Crippen molar-refractivity contribution in [2.24, 2.45) is 5.41 Å². The van der Waals surface area contributed by atoms with Crippen molar-refractivity contribution in [1.82, 2.24) is 0 Å². The second-order valence-corrected chi connectivity index (χ2v) is 9.24. The molecular formula is C30H28. The summed E-state index contributed by atoms with van der Waals surface area (Å²) in [6.07, 6.45) is 15.9. The molecule has 0 radical (unpaired) electrons. The fourth-order valence-corrected chi connectivity index (χ4v) is 5.33. The van der Waals surface area contributed by atoms with Crippen LogP contribution in [-0.2, 0) is 5.41 Å². The average Bonchev–Trinajstić information content (AvgIpc) is 3.06. The van der Waals surface area contributed by atoms with Gasteiger partial charge in [-0.05, 0) is 58.4 Å². The zero-order valence-electron chi connectivity index (χ0n) is 18.3. The molecule has 0 heterocycles. The highest BCUT2D eigenvalue weighted by molar-refractivity contribution is 6.01. The molecule has 1 spiro atoms. The van der Waals surface area contributed by atoms with Crippen LogP contribution in [0.1, 0.15) is 48.6 Å². The molecule has 0 nitrogen and oxygen atoms in total. The first-order valence-electron chi connectivity index (χ1n) is 10.8. The van der Waals surface area contributed by atoms with Crippen molar-refractivity contribution in [3.8, 4) is 0 Å². The van der Waals surface area contributed by atoms with E-state index in [2.05, 4.69) is 119 Å². The van der Waals surface area contributed by atoms with Crippen LogP contribution in [0.5, 0.6) is 0 Å². The monoisotopic (exact) mass is 388 g/mol. The molecule has 148 valence electrons. The lowest BCUT2D eigenvalue weighted by Gasteiger charge is -2.32. The smallest absolute Gasteiger partial charge is 0.0725 e. The molecule has 1 atom stereocenters. The first kappa shape index (κ1) is 18.9. The Morgan fingerprint density at radius 1 is 0.900 bits per heavy atom. The fourth-order valence-electron chi connectivity index (χ4n) is 5.33. The Bertz CT molecular complexity index is 1240. The van der Waals surface area contributed by atoms with Crippen LogP contribution in [0, 0.1) is 12.3 Å². The average molecular weight is 389 g/mol. The Morgan fingerprint density at radius 2 is 1.67 bits per heavy atom. The number of rotatable bonds is 1. The number of aryl methyl sites for hydroxylation is 1. The highest BCUT2D eigenvalue weighted by atomic mass is 14.5. The number of hydrogen-bond acceptors (Lipinski definition) is 0. The normalized spacial score (nSPS) is 24.7. The molecule has 1 unspecified atom stereocenters. The van der Waals surface area contributed by atoms with Gasteiger partial charge in [0.25, 0.3) is 0 Å². The highest BCUT2D eigenvalue weighted by Crippen LogP contribution is 2.63. The molecular weight excluding hydrogens is 360 g/mol. The molecule has 0 aromatic heterocycles. The summed E-state index contributed by atoms with van der Waals surface area (Å²) >= 11 is 0. The summed E-state index contributed by atoms with van der Waals surface area (Å²) in [6, 6.07) is 15.8. The van der Waals surface area contributed by atoms with Gasteiger partial charge in [0.05, 0.1) is 5.41 Å². The molecule has 0 fully saturated rings. The van der Waals surface area contributed by atoms with Crippen LogP contribution in [0.25, 0.3) is 11.1 Å². The Morgan fingerprint density at radius 3 is 2.47 bits per heavy atom. The number of allylic oxidation sites excluding steroid dienone is 11. The van der Waals surface area contributed by atoms with Crippen molar-refractivity contribution in [3.63, 3.8) is 0 Å². The van der Waals surface area contributed by atoms with E-state index in [1.807, 2.05) is 0 Å². The Balaban J connectivity index is 1.96. The summed E-state index contributed by atoms with van der Waals surface area (Å²) in [5.74, 6) is 0. The molecule has 3 aliphatic rings. The van der Waals surface area contributed by atoms with E-state index in [4.69, 9.17) is 0 Å². The van der Waals surface area contributed by atoms with Crippen molar-refractivity contribution >= 4 is 11.1 Å². The van der Waals surface area contributed by atoms with Gasteiger partial charge in [-0.1, -0.05) is 111 Å². The summed E-state index contributed by atoms with van der Waals surface area (Å²) in [4.78, 5) is 0. The third-order valence-electron chi connectivity index (χ3n) is 6.76. The van der Waals surface area contributed by atoms with Gasteiger partial charge in [-0.15, -0.1) is 0 Å². The van der Waals surface area contributed by atoms with E-state index in [0.717, 1.165) is 5.57 Å². The Kier molecular flexibility index (Phi) is 4.05. The fraction of sp³-hybridized carbons (Fsp3) is 0.200. The van der Waals surface area contributed by atoms with Gasteiger partial charge in [0.2, 0.25) is 0 Å². The lowest BCUT2D eigenvalue weighted by atomic mass is 9.68. The molecule has 5 rings (SSSR count). The standard InChI is InChI=1S/C30H28/c1-6-7-11-25-21(3)22-10-8-9-12-26(22)30(25)27-16-18-29(4,5)17-15-24(27)23-14-13-20(2)19-28(23)30/h6-19H,3H2,1-2,4-5H3/b7-6-,25-11+. The Hall–Kier alpha value is -3.12. The van der Waals surface area contributed by atoms with Crippen LogP contribution in [0.4, 0.5) is 0 Å². The summed E-state index contributed by atoms with van der Waals surface area (Å²) in [5.41, 5.74) is 11.4. The quantitative estimate of drug-likeness (QED) is 0.469. The SMILES string of the molecule is C=C1/C(=C\C=C/C)C2(C3=C(C=CC(C)(C)C=C3)c3ccc(C)cc32)c2ccccc21. The van der Waals surface area contributed by atoms with E-state index < -0.39 is 0 Å². The van der Waals surface area contributed by atoms with Crippen LogP contribution in [0.2, 0.25) is 0 Å². The van der Waals surface area contributed by atoms with Crippen molar-refractivity contribution in [2.45, 2.75) is 33.1 Å². The number of benzene rings is 2. The van der Waals surface area contributed by atoms with E-state index in [1.165, 1.54) is 44.5 Å². The van der Waals surface area contributed by atoms with E-state index in [-0.39, 0.29) is 10.8 Å². The van der Waals surface area contributed by atoms with Crippen LogP contribution >= 0.6 is 0 Å². The zero-order valence-corrected chi connectivity index (χ0v) is 18.3. The van der Waals surface area contributed by atoms with Gasteiger partial charge in [0.15, 0.2) is 0 Å². The van der Waals surface area contributed by atoms with Crippen molar-refractivity contribution < 1.29 is 0 Å². The molecule has 0 saturated carbocycles. The van der Waals surface area contributed by atoms with Crippen LogP contribution < -0.4 is 0 Å². The summed E-state index contributed by atoms with van der Waals surface area (Å²) < 4.78 is 0. The lowest BCUT2D eigenvalue weighted by molar-refractivity contribution is 0.625. The Labute approximate surface area is 180 Å². The second kappa shape index (κ2) is 6.44. The molecule has 0 amide bonds. The predicted molar refractivity (Wildman–Crippen MR) is 129 cm³/mol.